The number of halogens is 3. The Morgan fingerprint density at radius 3 is 2.22 bits per heavy atom. The third-order valence-electron chi connectivity index (χ3n) is 5.54. The minimum atomic E-state index is -4.46. The van der Waals surface area contributed by atoms with E-state index in [-0.39, 0.29) is 28.9 Å². The van der Waals surface area contributed by atoms with Crippen molar-refractivity contribution in [3.8, 4) is 0 Å². The normalized spacial score (nSPS) is 14.7. The molecule has 0 aromatic heterocycles. The van der Waals surface area contributed by atoms with Gasteiger partial charge >= 0.3 is 12.1 Å². The van der Waals surface area contributed by atoms with Crippen molar-refractivity contribution in [2.75, 3.05) is 25.5 Å². The highest BCUT2D eigenvalue weighted by Gasteiger charge is 2.32. The quantitative estimate of drug-likeness (QED) is 0.708. The minimum absolute atomic E-state index is 0.170. The number of hydrogen-bond donors (Lipinski definition) is 1. The minimum Gasteiger partial charge on any atom is -0.465 e. The lowest BCUT2D eigenvalue weighted by Gasteiger charge is -2.31. The number of likely N-dealkylation sites (tertiary alicyclic amines) is 1. The van der Waals surface area contributed by atoms with Gasteiger partial charge in [-0.25, -0.2) is 4.79 Å². The summed E-state index contributed by atoms with van der Waals surface area (Å²) in [5.41, 5.74) is 0.732. The summed E-state index contributed by atoms with van der Waals surface area (Å²) in [5.74, 6) is -1.55. The number of piperidine rings is 1. The number of nitrogens with one attached hydrogen (secondary N) is 1. The molecule has 0 bridgehead atoms. The molecule has 1 heterocycles. The Balaban J connectivity index is 1.62. The van der Waals surface area contributed by atoms with E-state index in [0.29, 0.717) is 31.6 Å². The number of anilines is 1. The molecule has 0 spiro atoms. The van der Waals surface area contributed by atoms with Gasteiger partial charge in [-0.15, -0.1) is 0 Å². The van der Waals surface area contributed by atoms with Crippen LogP contribution in [0.3, 0.4) is 0 Å². The number of hydrogen-bond acceptors (Lipinski definition) is 4. The van der Waals surface area contributed by atoms with Crippen LogP contribution in [0.1, 0.15) is 44.7 Å². The molecule has 1 fully saturated rings. The molecule has 1 N–H and O–H groups in total. The molecule has 1 saturated heterocycles. The maximum Gasteiger partial charge on any atom is 0.416 e. The Kier molecular flexibility index (Phi) is 6.86. The number of amides is 2. The molecular weight excluding hydrogens is 425 g/mol. The van der Waals surface area contributed by atoms with Crippen molar-refractivity contribution < 1.29 is 32.3 Å². The van der Waals surface area contributed by atoms with E-state index >= 15 is 0 Å². The van der Waals surface area contributed by atoms with E-state index in [1.54, 1.807) is 25.1 Å². The van der Waals surface area contributed by atoms with Crippen LogP contribution >= 0.6 is 0 Å². The molecule has 0 aliphatic carbocycles. The maximum absolute atomic E-state index is 12.8. The van der Waals surface area contributed by atoms with Crippen LogP contribution < -0.4 is 5.32 Å². The summed E-state index contributed by atoms with van der Waals surface area (Å²) >= 11 is 0. The lowest BCUT2D eigenvalue weighted by Crippen LogP contribution is -2.41. The van der Waals surface area contributed by atoms with E-state index in [2.05, 4.69) is 5.32 Å². The van der Waals surface area contributed by atoms with Gasteiger partial charge in [0.05, 0.1) is 23.9 Å². The fraction of sp³-hybridized carbons (Fsp3) is 0.348. The van der Waals surface area contributed by atoms with Gasteiger partial charge in [-0.1, -0.05) is 12.1 Å². The largest absolute Gasteiger partial charge is 0.465 e. The Morgan fingerprint density at radius 2 is 1.66 bits per heavy atom. The van der Waals surface area contributed by atoms with Gasteiger partial charge in [0.25, 0.3) is 5.91 Å². The number of nitrogens with zero attached hydrogens (tertiary/aromatic N) is 1. The summed E-state index contributed by atoms with van der Waals surface area (Å²) in [5, 5.41) is 2.81. The highest BCUT2D eigenvalue weighted by atomic mass is 19.4. The van der Waals surface area contributed by atoms with Gasteiger partial charge in [0, 0.05) is 24.6 Å². The number of methoxy groups -OCH3 is 1. The van der Waals surface area contributed by atoms with Crippen LogP contribution in [0.15, 0.2) is 42.5 Å². The number of rotatable bonds is 4. The van der Waals surface area contributed by atoms with Crippen molar-refractivity contribution in [2.24, 2.45) is 5.92 Å². The van der Waals surface area contributed by atoms with Crippen molar-refractivity contribution in [1.82, 2.24) is 4.90 Å². The number of para-hydroxylation sites is 1. The molecule has 0 radical (unpaired) electrons. The van der Waals surface area contributed by atoms with Crippen molar-refractivity contribution in [3.05, 3.63) is 64.7 Å². The molecule has 170 valence electrons. The topological polar surface area (TPSA) is 75.7 Å². The Labute approximate surface area is 183 Å². The van der Waals surface area contributed by atoms with Crippen molar-refractivity contribution in [2.45, 2.75) is 25.9 Å². The lowest BCUT2D eigenvalue weighted by atomic mass is 9.94. The third kappa shape index (κ3) is 5.09. The van der Waals surface area contributed by atoms with E-state index in [4.69, 9.17) is 4.74 Å². The fourth-order valence-corrected chi connectivity index (χ4v) is 3.67. The lowest BCUT2D eigenvalue weighted by molar-refractivity contribution is -0.137. The summed E-state index contributed by atoms with van der Waals surface area (Å²) in [6.45, 7) is 2.37. The van der Waals surface area contributed by atoms with Crippen LogP contribution in [0.5, 0.6) is 0 Å². The number of alkyl halides is 3. The van der Waals surface area contributed by atoms with Gasteiger partial charge in [-0.05, 0) is 55.7 Å². The van der Waals surface area contributed by atoms with Gasteiger partial charge < -0.3 is 15.0 Å². The number of carbonyl (C=O) groups excluding carboxylic acids is 3. The average Bonchev–Trinajstić information content (AvgIpc) is 2.79. The zero-order valence-corrected chi connectivity index (χ0v) is 17.7. The highest BCUT2D eigenvalue weighted by Crippen LogP contribution is 2.30. The second-order valence-corrected chi connectivity index (χ2v) is 7.62. The van der Waals surface area contributed by atoms with E-state index in [9.17, 15) is 27.6 Å². The Hall–Kier alpha value is -3.36. The molecule has 9 heteroatoms. The van der Waals surface area contributed by atoms with Gasteiger partial charge in [-0.3, -0.25) is 9.59 Å². The van der Waals surface area contributed by atoms with Gasteiger partial charge in [-0.2, -0.15) is 13.2 Å². The van der Waals surface area contributed by atoms with E-state index in [1.807, 2.05) is 0 Å². The first-order valence-corrected chi connectivity index (χ1v) is 10.1. The Bertz CT molecular complexity index is 1010. The number of carbonyl (C=O) groups is 3. The van der Waals surface area contributed by atoms with Crippen LogP contribution in [0.4, 0.5) is 18.9 Å². The van der Waals surface area contributed by atoms with Gasteiger partial charge in [0.2, 0.25) is 5.91 Å². The number of benzene rings is 2. The number of ether oxygens (including phenoxy) is 1. The first-order valence-electron chi connectivity index (χ1n) is 10.1. The van der Waals surface area contributed by atoms with Crippen LogP contribution in [0, 0.1) is 12.8 Å². The highest BCUT2D eigenvalue weighted by molar-refractivity contribution is 6.03. The maximum atomic E-state index is 12.8. The summed E-state index contributed by atoms with van der Waals surface area (Å²) in [4.78, 5) is 38.9. The molecule has 1 aliphatic heterocycles. The molecule has 2 aromatic rings. The van der Waals surface area contributed by atoms with Crippen LogP contribution in [-0.4, -0.2) is 42.9 Å². The molecule has 6 nitrogen and oxygen atoms in total. The summed E-state index contributed by atoms with van der Waals surface area (Å²) in [7, 11) is 1.26. The summed E-state index contributed by atoms with van der Waals surface area (Å²) in [6.07, 6.45) is -3.66. The Morgan fingerprint density at radius 1 is 1.03 bits per heavy atom. The third-order valence-corrected chi connectivity index (χ3v) is 5.54. The predicted octanol–water partition coefficient (Wildman–Crippen LogP) is 4.29. The molecule has 2 aromatic carbocycles. The first-order chi connectivity index (χ1) is 15.1. The molecule has 2 amide bonds. The molecule has 32 heavy (non-hydrogen) atoms. The second-order valence-electron chi connectivity index (χ2n) is 7.62. The van der Waals surface area contributed by atoms with Crippen molar-refractivity contribution in [1.29, 1.82) is 0 Å². The average molecular weight is 448 g/mol. The van der Waals surface area contributed by atoms with Crippen LogP contribution in [-0.2, 0) is 15.7 Å². The SMILES string of the molecule is COC(=O)c1cccc(C)c1NC(=O)C1CCN(C(=O)c2ccc(C(F)(F)F)cc2)CC1. The van der Waals surface area contributed by atoms with Crippen molar-refractivity contribution >= 4 is 23.5 Å². The predicted molar refractivity (Wildman–Crippen MR) is 111 cm³/mol. The summed E-state index contributed by atoms with van der Waals surface area (Å²) in [6, 6.07) is 9.13. The number of aryl methyl sites for hydroxylation is 1. The molecule has 1 aliphatic rings. The van der Waals surface area contributed by atoms with Crippen molar-refractivity contribution in [3.63, 3.8) is 0 Å². The number of esters is 1. The van der Waals surface area contributed by atoms with E-state index in [0.717, 1.165) is 29.8 Å². The van der Waals surface area contributed by atoms with Gasteiger partial charge in [0.1, 0.15) is 0 Å². The van der Waals surface area contributed by atoms with Crippen LogP contribution in [0.2, 0.25) is 0 Å². The molecule has 0 saturated carbocycles. The zero-order chi connectivity index (χ0) is 23.5. The van der Waals surface area contributed by atoms with E-state index < -0.39 is 17.7 Å². The van der Waals surface area contributed by atoms with E-state index in [1.165, 1.54) is 12.0 Å². The molecule has 3 rings (SSSR count). The van der Waals surface area contributed by atoms with Crippen LogP contribution in [0.25, 0.3) is 0 Å². The monoisotopic (exact) mass is 448 g/mol. The zero-order valence-electron chi connectivity index (χ0n) is 17.7. The molecule has 0 atom stereocenters. The molecule has 0 unspecified atom stereocenters. The molecular formula is C23H23F3N2O4. The summed E-state index contributed by atoms with van der Waals surface area (Å²) < 4.78 is 42.9. The standard InChI is InChI=1S/C23H23F3N2O4/c1-14-4-3-5-18(22(31)32-2)19(14)27-20(29)15-10-12-28(13-11-15)21(30)16-6-8-17(9-7-16)23(24,25)26/h3-9,15H,10-13H2,1-2H3,(H,27,29). The fourth-order valence-electron chi connectivity index (χ4n) is 3.67. The first kappa shape index (κ1) is 23.3. The smallest absolute Gasteiger partial charge is 0.416 e. The van der Waals surface area contributed by atoms with Gasteiger partial charge in [0.15, 0.2) is 0 Å². The second kappa shape index (κ2) is 9.42.